The molecule has 1 aliphatic rings. The summed E-state index contributed by atoms with van der Waals surface area (Å²) in [5, 5.41) is 3.50. The number of benzene rings is 1. The Morgan fingerprint density at radius 2 is 2.20 bits per heavy atom. The lowest BCUT2D eigenvalue weighted by Crippen LogP contribution is -2.38. The largest absolute Gasteiger partial charge is 0.381 e. The predicted octanol–water partition coefficient (Wildman–Crippen LogP) is 2.78. The van der Waals surface area contributed by atoms with Crippen LogP contribution in [0, 0.1) is 0 Å². The van der Waals surface area contributed by atoms with Gasteiger partial charge in [-0.1, -0.05) is 17.7 Å². The monoisotopic (exact) mass is 296 g/mol. The molecule has 1 aliphatic heterocycles. The molecule has 0 aromatic heterocycles. The average Bonchev–Trinajstić information content (AvgIpc) is 2.46. The summed E-state index contributed by atoms with van der Waals surface area (Å²) in [4.78, 5) is 14.2. The van der Waals surface area contributed by atoms with Crippen LogP contribution in [0.1, 0.15) is 19.3 Å². The number of piperidine rings is 1. The first-order chi connectivity index (χ1) is 9.67. The standard InChI is InChI=1S/C15H21ClN2O2/c1-20-14-5-8-18(9-6-14)10-7-15(19)17-13-4-2-3-12(16)11-13/h2-4,11,14H,5-10H2,1H3,(H,17,19). The number of methoxy groups -OCH3 is 1. The molecule has 20 heavy (non-hydrogen) atoms. The Kier molecular flexibility index (Phi) is 5.83. The second kappa shape index (κ2) is 7.62. The van der Waals surface area contributed by atoms with E-state index in [-0.39, 0.29) is 5.91 Å². The maximum absolute atomic E-state index is 11.9. The smallest absolute Gasteiger partial charge is 0.225 e. The van der Waals surface area contributed by atoms with Crippen molar-refractivity contribution in [2.24, 2.45) is 0 Å². The molecule has 0 aliphatic carbocycles. The summed E-state index contributed by atoms with van der Waals surface area (Å²) in [5.41, 5.74) is 0.751. The maximum Gasteiger partial charge on any atom is 0.225 e. The van der Waals surface area contributed by atoms with Crippen molar-refractivity contribution in [1.82, 2.24) is 4.90 Å². The van der Waals surface area contributed by atoms with Crippen molar-refractivity contribution in [2.45, 2.75) is 25.4 Å². The summed E-state index contributed by atoms with van der Waals surface area (Å²) in [6, 6.07) is 7.21. The zero-order valence-corrected chi connectivity index (χ0v) is 12.5. The van der Waals surface area contributed by atoms with Gasteiger partial charge in [-0.05, 0) is 31.0 Å². The van der Waals surface area contributed by atoms with E-state index in [0.29, 0.717) is 17.5 Å². The summed E-state index contributed by atoms with van der Waals surface area (Å²) in [7, 11) is 1.76. The molecule has 1 saturated heterocycles. The maximum atomic E-state index is 11.9. The molecule has 0 radical (unpaired) electrons. The van der Waals surface area contributed by atoms with Gasteiger partial charge in [0.05, 0.1) is 6.10 Å². The fourth-order valence-corrected chi connectivity index (χ4v) is 2.61. The van der Waals surface area contributed by atoms with Crippen LogP contribution in [0.5, 0.6) is 0 Å². The van der Waals surface area contributed by atoms with Gasteiger partial charge < -0.3 is 15.0 Å². The van der Waals surface area contributed by atoms with Gasteiger partial charge in [-0.3, -0.25) is 4.79 Å². The van der Waals surface area contributed by atoms with Gasteiger partial charge in [0.15, 0.2) is 0 Å². The predicted molar refractivity (Wildman–Crippen MR) is 81.2 cm³/mol. The minimum atomic E-state index is 0.0288. The molecule has 1 N–H and O–H groups in total. The Hall–Kier alpha value is -1.10. The van der Waals surface area contributed by atoms with Crippen LogP contribution < -0.4 is 5.32 Å². The molecule has 0 saturated carbocycles. The number of nitrogens with zero attached hydrogens (tertiary/aromatic N) is 1. The fourth-order valence-electron chi connectivity index (χ4n) is 2.42. The lowest BCUT2D eigenvalue weighted by Gasteiger charge is -2.30. The first-order valence-corrected chi connectivity index (χ1v) is 7.36. The minimum absolute atomic E-state index is 0.0288. The van der Waals surface area contributed by atoms with Crippen molar-refractivity contribution in [3.05, 3.63) is 29.3 Å². The van der Waals surface area contributed by atoms with Crippen molar-refractivity contribution >= 4 is 23.2 Å². The van der Waals surface area contributed by atoms with Crippen LogP contribution in [0.2, 0.25) is 5.02 Å². The van der Waals surface area contributed by atoms with Crippen LogP contribution in [0.3, 0.4) is 0 Å². The SMILES string of the molecule is COC1CCN(CCC(=O)Nc2cccc(Cl)c2)CC1. The number of amides is 1. The summed E-state index contributed by atoms with van der Waals surface area (Å²) in [6.45, 7) is 2.80. The molecule has 5 heteroatoms. The van der Waals surface area contributed by atoms with Gasteiger partial charge in [-0.25, -0.2) is 0 Å². The van der Waals surface area contributed by atoms with Crippen LogP contribution >= 0.6 is 11.6 Å². The third kappa shape index (κ3) is 4.78. The number of hydrogen-bond donors (Lipinski definition) is 1. The number of nitrogens with one attached hydrogen (secondary N) is 1. The number of rotatable bonds is 5. The van der Waals surface area contributed by atoms with E-state index in [1.807, 2.05) is 12.1 Å². The number of hydrogen-bond acceptors (Lipinski definition) is 3. The number of likely N-dealkylation sites (tertiary alicyclic amines) is 1. The summed E-state index contributed by atoms with van der Waals surface area (Å²) < 4.78 is 5.34. The first kappa shape index (κ1) is 15.3. The fraction of sp³-hybridized carbons (Fsp3) is 0.533. The molecule has 1 aromatic rings. The Labute approximate surface area is 125 Å². The van der Waals surface area contributed by atoms with E-state index in [4.69, 9.17) is 16.3 Å². The Morgan fingerprint density at radius 3 is 2.85 bits per heavy atom. The molecule has 1 heterocycles. The molecule has 110 valence electrons. The van der Waals surface area contributed by atoms with E-state index in [9.17, 15) is 4.79 Å². The topological polar surface area (TPSA) is 41.6 Å². The normalized spacial score (nSPS) is 17.1. The Morgan fingerprint density at radius 1 is 1.45 bits per heavy atom. The number of ether oxygens (including phenoxy) is 1. The quantitative estimate of drug-likeness (QED) is 0.908. The van der Waals surface area contributed by atoms with Crippen LogP contribution in [0.25, 0.3) is 0 Å². The molecule has 0 spiro atoms. The highest BCUT2D eigenvalue weighted by molar-refractivity contribution is 6.30. The van der Waals surface area contributed by atoms with Crippen molar-refractivity contribution < 1.29 is 9.53 Å². The van der Waals surface area contributed by atoms with Crippen LogP contribution in [-0.2, 0) is 9.53 Å². The van der Waals surface area contributed by atoms with Crippen LogP contribution in [0.15, 0.2) is 24.3 Å². The van der Waals surface area contributed by atoms with Gasteiger partial charge in [0.25, 0.3) is 0 Å². The summed E-state index contributed by atoms with van der Waals surface area (Å²) in [5.74, 6) is 0.0288. The van der Waals surface area contributed by atoms with E-state index in [1.54, 1.807) is 19.2 Å². The zero-order valence-electron chi connectivity index (χ0n) is 11.8. The molecular formula is C15H21ClN2O2. The van der Waals surface area contributed by atoms with E-state index in [1.165, 1.54) is 0 Å². The highest BCUT2D eigenvalue weighted by Crippen LogP contribution is 2.16. The van der Waals surface area contributed by atoms with Gasteiger partial charge >= 0.3 is 0 Å². The third-order valence-corrected chi connectivity index (χ3v) is 3.87. The van der Waals surface area contributed by atoms with E-state index in [0.717, 1.165) is 38.2 Å². The van der Waals surface area contributed by atoms with Crippen LogP contribution in [-0.4, -0.2) is 43.7 Å². The van der Waals surface area contributed by atoms with Crippen molar-refractivity contribution in [2.75, 3.05) is 32.1 Å². The number of carbonyl (C=O) groups excluding carboxylic acids is 1. The molecule has 1 amide bonds. The second-order valence-electron chi connectivity index (χ2n) is 5.09. The summed E-state index contributed by atoms with van der Waals surface area (Å²) in [6.07, 6.45) is 2.98. The van der Waals surface area contributed by atoms with Crippen molar-refractivity contribution in [3.8, 4) is 0 Å². The third-order valence-electron chi connectivity index (χ3n) is 3.63. The van der Waals surface area contributed by atoms with Gasteiger partial charge in [0.2, 0.25) is 5.91 Å². The van der Waals surface area contributed by atoms with Crippen LogP contribution in [0.4, 0.5) is 5.69 Å². The molecule has 4 nitrogen and oxygen atoms in total. The minimum Gasteiger partial charge on any atom is -0.381 e. The molecule has 0 unspecified atom stereocenters. The average molecular weight is 297 g/mol. The highest BCUT2D eigenvalue weighted by atomic mass is 35.5. The molecule has 1 aromatic carbocycles. The molecule has 0 atom stereocenters. The van der Waals surface area contributed by atoms with Crippen molar-refractivity contribution in [3.63, 3.8) is 0 Å². The summed E-state index contributed by atoms with van der Waals surface area (Å²) >= 11 is 5.88. The van der Waals surface area contributed by atoms with E-state index in [2.05, 4.69) is 10.2 Å². The van der Waals surface area contributed by atoms with Crippen molar-refractivity contribution in [1.29, 1.82) is 0 Å². The lowest BCUT2D eigenvalue weighted by atomic mass is 10.1. The lowest BCUT2D eigenvalue weighted by molar-refractivity contribution is -0.116. The molecule has 2 rings (SSSR count). The van der Waals surface area contributed by atoms with Gasteiger partial charge in [0, 0.05) is 43.9 Å². The number of anilines is 1. The first-order valence-electron chi connectivity index (χ1n) is 6.98. The number of carbonyl (C=O) groups is 1. The van der Waals surface area contributed by atoms with E-state index >= 15 is 0 Å². The van der Waals surface area contributed by atoms with Gasteiger partial charge in [0.1, 0.15) is 0 Å². The molecule has 0 bridgehead atoms. The second-order valence-corrected chi connectivity index (χ2v) is 5.52. The number of halogens is 1. The molecular weight excluding hydrogens is 276 g/mol. The van der Waals surface area contributed by atoms with Gasteiger partial charge in [-0.2, -0.15) is 0 Å². The Balaban J connectivity index is 1.70. The van der Waals surface area contributed by atoms with Gasteiger partial charge in [-0.15, -0.1) is 0 Å². The molecule has 1 fully saturated rings. The zero-order chi connectivity index (χ0) is 14.4. The highest BCUT2D eigenvalue weighted by Gasteiger charge is 2.18. The Bertz CT molecular complexity index is 445. The van der Waals surface area contributed by atoms with E-state index < -0.39 is 0 Å².